The molecule has 9 nitrogen and oxygen atoms in total. The van der Waals surface area contributed by atoms with E-state index < -0.39 is 30.4 Å². The van der Waals surface area contributed by atoms with Crippen molar-refractivity contribution in [3.05, 3.63) is 71.3 Å². The van der Waals surface area contributed by atoms with Gasteiger partial charge in [-0.15, -0.1) is 6.58 Å². The molecule has 2 aromatic carbocycles. The zero-order valence-corrected chi connectivity index (χ0v) is 18.1. The average molecular weight is 450 g/mol. The van der Waals surface area contributed by atoms with Gasteiger partial charge in [0, 0.05) is 5.56 Å². The van der Waals surface area contributed by atoms with Crippen LogP contribution in [0.1, 0.15) is 16.7 Å². The van der Waals surface area contributed by atoms with E-state index in [1.54, 1.807) is 30.3 Å². The number of benzene rings is 2. The number of ether oxygens (including phenoxy) is 2. The van der Waals surface area contributed by atoms with Crippen LogP contribution in [0.2, 0.25) is 0 Å². The summed E-state index contributed by atoms with van der Waals surface area (Å²) in [4.78, 5) is 49.8. The number of aryl methyl sites for hydroxylation is 1. The standard InChI is InChI=1S/C24H22N2O7/c1-4-6-16-10-15(12-19(32-3)21(16)33-13-20(27)28)11-18-22(29)25-24(31)26(23(18)30)17-8-5-7-14(2)9-17/h4-5,7-12H,1,6,13H2,2-3H3,(H,27,28)(H,25,29,31)/b18-11+. The van der Waals surface area contributed by atoms with Gasteiger partial charge >= 0.3 is 12.0 Å². The molecular formula is C24H22N2O7. The van der Waals surface area contributed by atoms with Crippen LogP contribution in [0.3, 0.4) is 0 Å². The SMILES string of the molecule is C=CCc1cc(/C=C2\C(=O)NC(=O)N(c3cccc(C)c3)C2=O)cc(OC)c1OCC(=O)O. The van der Waals surface area contributed by atoms with E-state index in [1.165, 1.54) is 19.3 Å². The van der Waals surface area contributed by atoms with Crippen LogP contribution < -0.4 is 19.7 Å². The third-order valence-corrected chi connectivity index (χ3v) is 4.75. The highest BCUT2D eigenvalue weighted by Crippen LogP contribution is 2.35. The third-order valence-electron chi connectivity index (χ3n) is 4.75. The second kappa shape index (κ2) is 9.82. The molecule has 3 rings (SSSR count). The Morgan fingerprint density at radius 2 is 1.97 bits per heavy atom. The normalized spacial score (nSPS) is 14.8. The van der Waals surface area contributed by atoms with Crippen LogP contribution in [-0.4, -0.2) is 42.6 Å². The lowest BCUT2D eigenvalue weighted by molar-refractivity contribution is -0.139. The van der Waals surface area contributed by atoms with E-state index in [2.05, 4.69) is 11.9 Å². The number of carboxylic acids is 1. The van der Waals surface area contributed by atoms with Crippen LogP contribution in [0, 0.1) is 6.92 Å². The highest BCUT2D eigenvalue weighted by atomic mass is 16.5. The molecule has 0 saturated carbocycles. The van der Waals surface area contributed by atoms with E-state index in [1.807, 2.05) is 13.0 Å². The van der Waals surface area contributed by atoms with Gasteiger partial charge in [0.25, 0.3) is 11.8 Å². The number of allylic oxidation sites excluding steroid dienone is 1. The summed E-state index contributed by atoms with van der Waals surface area (Å²) in [6.45, 7) is 4.93. The molecule has 2 N–H and O–H groups in total. The number of amides is 4. The van der Waals surface area contributed by atoms with Crippen LogP contribution in [-0.2, 0) is 20.8 Å². The lowest BCUT2D eigenvalue weighted by atomic mass is 10.0. The van der Waals surface area contributed by atoms with Crippen molar-refractivity contribution in [1.82, 2.24) is 5.32 Å². The quantitative estimate of drug-likeness (QED) is 0.360. The number of imide groups is 2. The first-order valence-electron chi connectivity index (χ1n) is 9.89. The number of hydrogen-bond donors (Lipinski definition) is 2. The van der Waals surface area contributed by atoms with Gasteiger partial charge in [-0.3, -0.25) is 14.9 Å². The summed E-state index contributed by atoms with van der Waals surface area (Å²) in [5.74, 6) is -2.32. The van der Waals surface area contributed by atoms with Gasteiger partial charge < -0.3 is 14.6 Å². The van der Waals surface area contributed by atoms with Crippen molar-refractivity contribution in [2.75, 3.05) is 18.6 Å². The van der Waals surface area contributed by atoms with Crippen LogP contribution in [0.4, 0.5) is 10.5 Å². The number of nitrogens with one attached hydrogen (secondary N) is 1. The van der Waals surface area contributed by atoms with Crippen molar-refractivity contribution in [3.8, 4) is 11.5 Å². The highest BCUT2D eigenvalue weighted by Gasteiger charge is 2.36. The van der Waals surface area contributed by atoms with Gasteiger partial charge in [0.2, 0.25) is 0 Å². The van der Waals surface area contributed by atoms with E-state index in [0.717, 1.165) is 10.5 Å². The molecule has 0 spiro atoms. The summed E-state index contributed by atoms with van der Waals surface area (Å²) in [6, 6.07) is 9.07. The van der Waals surface area contributed by atoms with Crippen LogP contribution in [0.5, 0.6) is 11.5 Å². The van der Waals surface area contributed by atoms with Gasteiger partial charge in [0.15, 0.2) is 18.1 Å². The molecule has 2 aromatic rings. The van der Waals surface area contributed by atoms with E-state index in [-0.39, 0.29) is 17.1 Å². The average Bonchev–Trinajstić information content (AvgIpc) is 2.75. The summed E-state index contributed by atoms with van der Waals surface area (Å²) in [7, 11) is 1.38. The first-order valence-corrected chi connectivity index (χ1v) is 9.89. The maximum atomic E-state index is 13.1. The summed E-state index contributed by atoms with van der Waals surface area (Å²) < 4.78 is 10.7. The molecule has 1 saturated heterocycles. The first-order chi connectivity index (χ1) is 15.7. The zero-order valence-electron chi connectivity index (χ0n) is 18.1. The molecule has 9 heteroatoms. The Morgan fingerprint density at radius 1 is 1.21 bits per heavy atom. The van der Waals surface area contributed by atoms with E-state index in [9.17, 15) is 19.2 Å². The second-order valence-corrected chi connectivity index (χ2v) is 7.18. The summed E-state index contributed by atoms with van der Waals surface area (Å²) >= 11 is 0. The largest absolute Gasteiger partial charge is 0.493 e. The Bertz CT molecular complexity index is 1180. The third kappa shape index (κ3) is 5.09. The molecule has 0 radical (unpaired) electrons. The number of carbonyl (C=O) groups is 4. The zero-order chi connectivity index (χ0) is 24.1. The van der Waals surface area contributed by atoms with Gasteiger partial charge in [-0.25, -0.2) is 14.5 Å². The monoisotopic (exact) mass is 450 g/mol. The summed E-state index contributed by atoms with van der Waals surface area (Å²) in [5, 5.41) is 11.1. The fourth-order valence-electron chi connectivity index (χ4n) is 3.35. The number of methoxy groups -OCH3 is 1. The fourth-order valence-corrected chi connectivity index (χ4v) is 3.35. The van der Waals surface area contributed by atoms with Gasteiger partial charge in [0.1, 0.15) is 5.57 Å². The summed E-state index contributed by atoms with van der Waals surface area (Å²) in [6.07, 6.45) is 3.25. The number of carbonyl (C=O) groups excluding carboxylic acids is 3. The predicted molar refractivity (Wildman–Crippen MR) is 120 cm³/mol. The van der Waals surface area contributed by atoms with Gasteiger partial charge in [-0.1, -0.05) is 18.2 Å². The number of nitrogens with zero attached hydrogens (tertiary/aromatic N) is 1. The molecule has 170 valence electrons. The van der Waals surface area contributed by atoms with Crippen molar-refractivity contribution in [3.63, 3.8) is 0 Å². The van der Waals surface area contributed by atoms with Crippen LogP contribution >= 0.6 is 0 Å². The molecule has 33 heavy (non-hydrogen) atoms. The predicted octanol–water partition coefficient (Wildman–Crippen LogP) is 2.86. The molecule has 1 aliphatic heterocycles. The Hall–Kier alpha value is -4.40. The molecule has 1 heterocycles. The van der Waals surface area contributed by atoms with Crippen molar-refractivity contribution < 1.29 is 33.8 Å². The van der Waals surface area contributed by atoms with Crippen LogP contribution in [0.25, 0.3) is 6.08 Å². The highest BCUT2D eigenvalue weighted by molar-refractivity contribution is 6.39. The van der Waals surface area contributed by atoms with Crippen molar-refractivity contribution in [2.24, 2.45) is 0 Å². The van der Waals surface area contributed by atoms with E-state index in [4.69, 9.17) is 14.6 Å². The molecule has 0 bridgehead atoms. The Kier molecular flexibility index (Phi) is 6.92. The van der Waals surface area contributed by atoms with Gasteiger partial charge in [0.05, 0.1) is 12.8 Å². The minimum absolute atomic E-state index is 0.220. The number of carboxylic acid groups (broad SMARTS) is 1. The molecule has 0 atom stereocenters. The first kappa shape index (κ1) is 23.3. The second-order valence-electron chi connectivity index (χ2n) is 7.18. The molecule has 0 aromatic heterocycles. The number of anilines is 1. The van der Waals surface area contributed by atoms with Crippen molar-refractivity contribution >= 4 is 35.6 Å². The summed E-state index contributed by atoms with van der Waals surface area (Å²) in [5.41, 5.74) is 1.89. The Labute approximate surface area is 189 Å². The Balaban J connectivity index is 2.06. The lowest BCUT2D eigenvalue weighted by Gasteiger charge is -2.26. The molecule has 0 aliphatic carbocycles. The van der Waals surface area contributed by atoms with Gasteiger partial charge in [-0.05, 0) is 54.8 Å². The maximum Gasteiger partial charge on any atom is 0.341 e. The van der Waals surface area contributed by atoms with Crippen molar-refractivity contribution in [2.45, 2.75) is 13.3 Å². The Morgan fingerprint density at radius 3 is 2.61 bits per heavy atom. The maximum absolute atomic E-state index is 13.1. The number of barbiturate groups is 1. The smallest absolute Gasteiger partial charge is 0.341 e. The number of hydrogen-bond acceptors (Lipinski definition) is 6. The van der Waals surface area contributed by atoms with Crippen molar-refractivity contribution in [1.29, 1.82) is 0 Å². The molecule has 4 amide bonds. The molecular weight excluding hydrogens is 428 g/mol. The molecule has 1 fully saturated rings. The molecule has 1 aliphatic rings. The van der Waals surface area contributed by atoms with Gasteiger partial charge in [-0.2, -0.15) is 0 Å². The van der Waals surface area contributed by atoms with E-state index in [0.29, 0.717) is 23.2 Å². The topological polar surface area (TPSA) is 122 Å². The van der Waals surface area contributed by atoms with E-state index >= 15 is 0 Å². The number of aliphatic carboxylic acids is 1. The molecule has 0 unspecified atom stereocenters. The number of urea groups is 1. The number of rotatable bonds is 8. The van der Waals surface area contributed by atoms with Crippen LogP contribution in [0.15, 0.2) is 54.6 Å². The fraction of sp³-hybridized carbons (Fsp3) is 0.167. The minimum Gasteiger partial charge on any atom is -0.493 e. The minimum atomic E-state index is -1.15. The lowest BCUT2D eigenvalue weighted by Crippen LogP contribution is -2.54.